The molecule has 2 aromatic heterocycles. The van der Waals surface area contributed by atoms with Crippen LogP contribution < -0.4 is 5.32 Å². The topological polar surface area (TPSA) is 42.7 Å². The average molecular weight is 216 g/mol. The van der Waals surface area contributed by atoms with E-state index >= 15 is 0 Å². The van der Waals surface area contributed by atoms with Gasteiger partial charge in [-0.25, -0.2) is 0 Å². The predicted octanol–water partition coefficient (Wildman–Crippen LogP) is 1.99. The van der Waals surface area contributed by atoms with Crippen LogP contribution >= 0.6 is 0 Å². The average Bonchev–Trinajstić information content (AvgIpc) is 2.69. The molecule has 0 aliphatic rings. The van der Waals surface area contributed by atoms with E-state index in [1.54, 1.807) is 12.4 Å². The van der Waals surface area contributed by atoms with Crippen LogP contribution in [0.3, 0.4) is 0 Å². The van der Waals surface area contributed by atoms with Crippen molar-refractivity contribution in [3.8, 4) is 0 Å². The van der Waals surface area contributed by atoms with E-state index in [9.17, 15) is 0 Å². The molecule has 0 saturated heterocycles. The van der Waals surface area contributed by atoms with Gasteiger partial charge in [-0.15, -0.1) is 0 Å². The van der Waals surface area contributed by atoms with E-state index in [2.05, 4.69) is 28.4 Å². The van der Waals surface area contributed by atoms with Crippen LogP contribution in [0.5, 0.6) is 0 Å². The Bertz CT molecular complexity index is 447. The molecular weight excluding hydrogens is 200 g/mol. The number of aromatic nitrogens is 3. The Labute approximate surface area is 95.3 Å². The van der Waals surface area contributed by atoms with Gasteiger partial charge in [-0.1, -0.05) is 6.92 Å². The van der Waals surface area contributed by atoms with Gasteiger partial charge < -0.3 is 5.32 Å². The number of anilines is 1. The molecule has 0 saturated carbocycles. The molecule has 16 heavy (non-hydrogen) atoms. The summed E-state index contributed by atoms with van der Waals surface area (Å²) >= 11 is 0. The number of rotatable bonds is 4. The second-order valence-electron chi connectivity index (χ2n) is 3.71. The lowest BCUT2D eigenvalue weighted by Crippen LogP contribution is -2.04. The smallest absolute Gasteiger partial charge is 0.124 e. The zero-order valence-electron chi connectivity index (χ0n) is 9.64. The zero-order valence-corrected chi connectivity index (χ0v) is 9.64. The van der Waals surface area contributed by atoms with Gasteiger partial charge in [0.25, 0.3) is 0 Å². The second kappa shape index (κ2) is 4.79. The molecule has 4 nitrogen and oxygen atoms in total. The van der Waals surface area contributed by atoms with Gasteiger partial charge >= 0.3 is 0 Å². The molecule has 0 aliphatic carbocycles. The minimum absolute atomic E-state index is 0.797. The third-order valence-electron chi connectivity index (χ3n) is 2.52. The van der Waals surface area contributed by atoms with Crippen molar-refractivity contribution in [2.45, 2.75) is 19.9 Å². The lowest BCUT2D eigenvalue weighted by atomic mass is 10.3. The van der Waals surface area contributed by atoms with Crippen LogP contribution in [0.15, 0.2) is 30.6 Å². The van der Waals surface area contributed by atoms with Gasteiger partial charge in [-0.05, 0) is 24.1 Å². The maximum atomic E-state index is 4.38. The lowest BCUT2D eigenvalue weighted by Gasteiger charge is -2.05. The van der Waals surface area contributed by atoms with E-state index in [0.717, 1.165) is 24.5 Å². The molecule has 2 rings (SSSR count). The quantitative estimate of drug-likeness (QED) is 0.850. The Morgan fingerprint density at radius 3 is 2.69 bits per heavy atom. The summed E-state index contributed by atoms with van der Waals surface area (Å²) in [5.74, 6) is 1.05. The Morgan fingerprint density at radius 2 is 2.06 bits per heavy atom. The summed E-state index contributed by atoms with van der Waals surface area (Å²) in [5.41, 5.74) is 2.33. The molecular formula is C12H16N4. The van der Waals surface area contributed by atoms with E-state index in [0.29, 0.717) is 0 Å². The van der Waals surface area contributed by atoms with Crippen LogP contribution in [-0.2, 0) is 20.0 Å². The van der Waals surface area contributed by atoms with Crippen molar-refractivity contribution >= 4 is 5.82 Å². The van der Waals surface area contributed by atoms with Gasteiger partial charge in [0.1, 0.15) is 5.82 Å². The summed E-state index contributed by atoms with van der Waals surface area (Å²) in [6.07, 6.45) is 4.57. The highest BCUT2D eigenvalue weighted by Gasteiger charge is 2.02. The molecule has 0 amide bonds. The first-order chi connectivity index (χ1) is 7.79. The monoisotopic (exact) mass is 216 g/mol. The fourth-order valence-electron chi connectivity index (χ4n) is 1.56. The van der Waals surface area contributed by atoms with Gasteiger partial charge in [-0.2, -0.15) is 5.10 Å². The number of nitrogens with zero attached hydrogens (tertiary/aromatic N) is 3. The lowest BCUT2D eigenvalue weighted by molar-refractivity contribution is 0.747. The largest absolute Gasteiger partial charge is 0.366 e. The van der Waals surface area contributed by atoms with E-state index in [-0.39, 0.29) is 0 Å². The van der Waals surface area contributed by atoms with Crippen LogP contribution in [0.25, 0.3) is 0 Å². The van der Waals surface area contributed by atoms with E-state index < -0.39 is 0 Å². The van der Waals surface area contributed by atoms with Crippen LogP contribution in [0, 0.1) is 0 Å². The van der Waals surface area contributed by atoms with Crippen LogP contribution in [0.1, 0.15) is 18.2 Å². The first-order valence-corrected chi connectivity index (χ1v) is 5.45. The van der Waals surface area contributed by atoms with Gasteiger partial charge in [0.15, 0.2) is 0 Å². The van der Waals surface area contributed by atoms with Crippen molar-refractivity contribution in [2.75, 3.05) is 5.32 Å². The molecule has 84 valence electrons. The van der Waals surface area contributed by atoms with Crippen LogP contribution in [0.4, 0.5) is 5.82 Å². The van der Waals surface area contributed by atoms with Gasteiger partial charge in [0, 0.05) is 32.1 Å². The fourth-order valence-corrected chi connectivity index (χ4v) is 1.56. The molecule has 0 atom stereocenters. The van der Waals surface area contributed by atoms with Crippen LogP contribution in [-0.4, -0.2) is 14.8 Å². The predicted molar refractivity (Wildman–Crippen MR) is 64.1 cm³/mol. The molecule has 2 heterocycles. The molecule has 0 unspecified atom stereocenters. The number of aryl methyl sites for hydroxylation is 2. The third kappa shape index (κ3) is 2.39. The molecule has 0 bridgehead atoms. The fraction of sp³-hybridized carbons (Fsp3) is 0.333. The summed E-state index contributed by atoms with van der Waals surface area (Å²) < 4.78 is 1.88. The van der Waals surface area contributed by atoms with Gasteiger partial charge in [-0.3, -0.25) is 9.67 Å². The Kier molecular flexibility index (Phi) is 3.19. The third-order valence-corrected chi connectivity index (χ3v) is 2.52. The summed E-state index contributed by atoms with van der Waals surface area (Å²) in [6.45, 7) is 2.90. The highest BCUT2D eigenvalue weighted by Crippen LogP contribution is 2.10. The highest BCUT2D eigenvalue weighted by molar-refractivity contribution is 5.37. The number of pyridine rings is 1. The molecule has 0 fully saturated rings. The summed E-state index contributed by atoms with van der Waals surface area (Å²) in [6, 6.07) is 6.09. The van der Waals surface area contributed by atoms with E-state index in [1.807, 2.05) is 23.9 Å². The Morgan fingerprint density at radius 1 is 1.31 bits per heavy atom. The van der Waals surface area contributed by atoms with Crippen LogP contribution in [0.2, 0.25) is 0 Å². The normalized spacial score (nSPS) is 10.4. The van der Waals surface area contributed by atoms with Crippen molar-refractivity contribution in [3.63, 3.8) is 0 Å². The maximum absolute atomic E-state index is 4.38. The van der Waals surface area contributed by atoms with E-state index in [1.165, 1.54) is 5.56 Å². The molecule has 0 radical (unpaired) electrons. The van der Waals surface area contributed by atoms with Crippen molar-refractivity contribution in [1.29, 1.82) is 0 Å². The van der Waals surface area contributed by atoms with Gasteiger partial charge in [0.2, 0.25) is 0 Å². The van der Waals surface area contributed by atoms with Crippen molar-refractivity contribution in [1.82, 2.24) is 14.8 Å². The minimum Gasteiger partial charge on any atom is -0.366 e. The van der Waals surface area contributed by atoms with E-state index in [4.69, 9.17) is 0 Å². The molecule has 1 N–H and O–H groups in total. The second-order valence-corrected chi connectivity index (χ2v) is 3.71. The number of hydrogen-bond acceptors (Lipinski definition) is 3. The molecule has 0 spiro atoms. The van der Waals surface area contributed by atoms with Gasteiger partial charge in [0.05, 0.1) is 5.69 Å². The summed E-state index contributed by atoms with van der Waals surface area (Å²) in [7, 11) is 1.95. The maximum Gasteiger partial charge on any atom is 0.124 e. The molecule has 4 heteroatoms. The molecule has 0 aliphatic heterocycles. The Balaban J connectivity index is 2.02. The van der Waals surface area contributed by atoms with Crippen molar-refractivity contribution in [3.05, 3.63) is 41.9 Å². The highest BCUT2D eigenvalue weighted by atomic mass is 15.3. The minimum atomic E-state index is 0.797. The SMILES string of the molecule is CCc1cc(NCc2ccncc2)n(C)n1. The van der Waals surface area contributed by atoms with Crippen molar-refractivity contribution in [2.24, 2.45) is 7.05 Å². The zero-order chi connectivity index (χ0) is 11.4. The Hall–Kier alpha value is -1.84. The standard InChI is InChI=1S/C12H16N4/c1-3-11-8-12(16(2)15-11)14-9-10-4-6-13-7-5-10/h4-8,14H,3,9H2,1-2H3. The van der Waals surface area contributed by atoms with Crippen molar-refractivity contribution < 1.29 is 0 Å². The molecule has 2 aromatic rings. The first-order valence-electron chi connectivity index (χ1n) is 5.45. The first kappa shape index (κ1) is 10.7. The number of nitrogens with one attached hydrogen (secondary N) is 1. The number of hydrogen-bond donors (Lipinski definition) is 1. The summed E-state index contributed by atoms with van der Waals surface area (Å²) in [4.78, 5) is 3.99. The molecule has 0 aromatic carbocycles. The summed E-state index contributed by atoms with van der Waals surface area (Å²) in [5, 5.41) is 7.74.